The van der Waals surface area contributed by atoms with Crippen LogP contribution in [-0.2, 0) is 9.47 Å². The lowest BCUT2D eigenvalue weighted by Crippen LogP contribution is -2.43. The number of hydrogen-bond donors (Lipinski definition) is 1. The second-order valence-corrected chi connectivity index (χ2v) is 7.65. The molecule has 3 aliphatic heterocycles. The summed E-state index contributed by atoms with van der Waals surface area (Å²) in [4.78, 5) is 6.94. The van der Waals surface area contributed by atoms with E-state index in [4.69, 9.17) is 9.47 Å². The molecule has 5 nitrogen and oxygen atoms in total. The third-order valence-corrected chi connectivity index (χ3v) is 6.00. The SMILES string of the molecule is CN=C(NCC1CCOC1c1ccccc1)N1CCC2(CCOC2)C1.I. The van der Waals surface area contributed by atoms with Crippen LogP contribution in [0.1, 0.15) is 30.9 Å². The van der Waals surface area contributed by atoms with Crippen LogP contribution in [0, 0.1) is 11.3 Å². The molecule has 0 aromatic heterocycles. The number of hydrogen-bond acceptors (Lipinski definition) is 3. The molecule has 3 heterocycles. The van der Waals surface area contributed by atoms with Crippen molar-refractivity contribution in [3.05, 3.63) is 35.9 Å². The monoisotopic (exact) mass is 471 g/mol. The Balaban J connectivity index is 0.00000196. The second kappa shape index (κ2) is 8.89. The van der Waals surface area contributed by atoms with Crippen molar-refractivity contribution >= 4 is 29.9 Å². The van der Waals surface area contributed by atoms with E-state index in [-0.39, 0.29) is 30.1 Å². The predicted octanol–water partition coefficient (Wildman–Crippen LogP) is 3.07. The van der Waals surface area contributed by atoms with Crippen LogP contribution in [-0.4, -0.2) is 57.4 Å². The standard InChI is InChI=1S/C20H29N3O2.HI/c1-21-19(23-10-8-20(14-23)9-12-24-15-20)22-13-17-7-11-25-18(17)16-5-3-2-4-6-16;/h2-6,17-18H,7-15H2,1H3,(H,21,22);1H. The molecular formula is C20H30IN3O2. The number of benzene rings is 1. The fourth-order valence-corrected chi connectivity index (χ4v) is 4.50. The maximum absolute atomic E-state index is 6.01. The van der Waals surface area contributed by atoms with Gasteiger partial charge in [-0.2, -0.15) is 0 Å². The largest absolute Gasteiger partial charge is 0.381 e. The van der Waals surface area contributed by atoms with Crippen molar-refractivity contribution in [2.75, 3.05) is 46.5 Å². The average molecular weight is 471 g/mol. The number of halogens is 1. The fraction of sp³-hybridized carbons (Fsp3) is 0.650. The zero-order valence-electron chi connectivity index (χ0n) is 15.5. The molecule has 3 unspecified atom stereocenters. The van der Waals surface area contributed by atoms with Gasteiger partial charge in [-0.3, -0.25) is 4.99 Å². The average Bonchev–Trinajstić information content (AvgIpc) is 3.39. The predicted molar refractivity (Wildman–Crippen MR) is 114 cm³/mol. The van der Waals surface area contributed by atoms with E-state index in [1.165, 1.54) is 18.4 Å². The van der Waals surface area contributed by atoms with Gasteiger partial charge >= 0.3 is 0 Å². The van der Waals surface area contributed by atoms with Crippen molar-refractivity contribution in [2.24, 2.45) is 16.3 Å². The van der Waals surface area contributed by atoms with Crippen LogP contribution < -0.4 is 5.32 Å². The fourth-order valence-electron chi connectivity index (χ4n) is 4.50. The number of guanidine groups is 1. The summed E-state index contributed by atoms with van der Waals surface area (Å²) in [5.74, 6) is 1.52. The molecule has 4 rings (SSSR count). The van der Waals surface area contributed by atoms with Gasteiger partial charge in [0.15, 0.2) is 5.96 Å². The molecule has 1 N–H and O–H groups in total. The van der Waals surface area contributed by atoms with Crippen molar-refractivity contribution in [3.63, 3.8) is 0 Å². The summed E-state index contributed by atoms with van der Waals surface area (Å²) < 4.78 is 11.7. The van der Waals surface area contributed by atoms with Crippen LogP contribution in [0.4, 0.5) is 0 Å². The molecule has 3 saturated heterocycles. The van der Waals surface area contributed by atoms with Gasteiger partial charge in [-0.05, 0) is 24.8 Å². The van der Waals surface area contributed by atoms with E-state index in [9.17, 15) is 0 Å². The third kappa shape index (κ3) is 4.17. The number of nitrogens with one attached hydrogen (secondary N) is 1. The molecule has 1 spiro atoms. The normalized spacial score (nSPS) is 31.4. The number of likely N-dealkylation sites (tertiary alicyclic amines) is 1. The van der Waals surface area contributed by atoms with E-state index >= 15 is 0 Å². The van der Waals surface area contributed by atoms with Crippen molar-refractivity contribution in [2.45, 2.75) is 25.4 Å². The molecule has 1 aromatic carbocycles. The summed E-state index contributed by atoms with van der Waals surface area (Å²) in [5.41, 5.74) is 1.64. The molecule has 0 amide bonds. The van der Waals surface area contributed by atoms with Crippen molar-refractivity contribution < 1.29 is 9.47 Å². The van der Waals surface area contributed by atoms with Gasteiger partial charge in [-0.25, -0.2) is 0 Å². The Bertz CT molecular complexity index is 604. The van der Waals surface area contributed by atoms with Crippen molar-refractivity contribution in [1.82, 2.24) is 10.2 Å². The summed E-state index contributed by atoms with van der Waals surface area (Å²) in [7, 11) is 1.89. The zero-order valence-corrected chi connectivity index (χ0v) is 17.9. The molecule has 144 valence electrons. The summed E-state index contributed by atoms with van der Waals surface area (Å²) in [5, 5.41) is 3.61. The molecule has 3 aliphatic rings. The van der Waals surface area contributed by atoms with Crippen LogP contribution >= 0.6 is 24.0 Å². The van der Waals surface area contributed by atoms with E-state index in [1.807, 2.05) is 7.05 Å². The Hall–Kier alpha value is -0.860. The molecule has 0 aliphatic carbocycles. The first-order valence-corrected chi connectivity index (χ1v) is 9.50. The quantitative estimate of drug-likeness (QED) is 0.418. The van der Waals surface area contributed by atoms with Crippen molar-refractivity contribution in [1.29, 1.82) is 0 Å². The van der Waals surface area contributed by atoms with Gasteiger partial charge < -0.3 is 19.7 Å². The van der Waals surface area contributed by atoms with Crippen LogP contribution in [0.3, 0.4) is 0 Å². The molecule has 26 heavy (non-hydrogen) atoms. The highest BCUT2D eigenvalue weighted by Gasteiger charge is 2.42. The van der Waals surface area contributed by atoms with Gasteiger partial charge in [-0.15, -0.1) is 24.0 Å². The number of rotatable bonds is 3. The Kier molecular flexibility index (Phi) is 6.80. The smallest absolute Gasteiger partial charge is 0.193 e. The highest BCUT2D eigenvalue weighted by atomic mass is 127. The number of ether oxygens (including phenoxy) is 2. The first kappa shape index (κ1) is 19.9. The van der Waals surface area contributed by atoms with E-state index in [0.717, 1.165) is 51.8 Å². The van der Waals surface area contributed by atoms with Crippen LogP contribution in [0.5, 0.6) is 0 Å². The Morgan fingerprint density at radius 3 is 2.85 bits per heavy atom. The lowest BCUT2D eigenvalue weighted by Gasteiger charge is -2.26. The first-order chi connectivity index (χ1) is 12.3. The third-order valence-electron chi connectivity index (χ3n) is 6.00. The zero-order chi connectivity index (χ0) is 17.1. The van der Waals surface area contributed by atoms with E-state index < -0.39 is 0 Å². The highest BCUT2D eigenvalue weighted by molar-refractivity contribution is 14.0. The van der Waals surface area contributed by atoms with E-state index in [0.29, 0.717) is 11.3 Å². The molecule has 0 bridgehead atoms. The van der Waals surface area contributed by atoms with Crippen LogP contribution in [0.15, 0.2) is 35.3 Å². The van der Waals surface area contributed by atoms with Gasteiger partial charge in [0.1, 0.15) is 0 Å². The Morgan fingerprint density at radius 2 is 2.12 bits per heavy atom. The summed E-state index contributed by atoms with van der Waals surface area (Å²) in [6.07, 6.45) is 3.70. The molecule has 3 fully saturated rings. The van der Waals surface area contributed by atoms with E-state index in [2.05, 4.69) is 45.5 Å². The lowest BCUT2D eigenvalue weighted by atomic mass is 9.87. The maximum atomic E-state index is 6.01. The van der Waals surface area contributed by atoms with Crippen LogP contribution in [0.25, 0.3) is 0 Å². The van der Waals surface area contributed by atoms with Gasteiger partial charge in [0.25, 0.3) is 0 Å². The van der Waals surface area contributed by atoms with E-state index in [1.54, 1.807) is 0 Å². The Morgan fingerprint density at radius 1 is 1.27 bits per heavy atom. The summed E-state index contributed by atoms with van der Waals surface area (Å²) >= 11 is 0. The second-order valence-electron chi connectivity index (χ2n) is 7.65. The minimum absolute atomic E-state index is 0. The maximum Gasteiger partial charge on any atom is 0.193 e. The molecule has 3 atom stereocenters. The number of nitrogens with zero attached hydrogens (tertiary/aromatic N) is 2. The minimum Gasteiger partial charge on any atom is -0.381 e. The summed E-state index contributed by atoms with van der Waals surface area (Å²) in [6.45, 7) is 5.72. The van der Waals surface area contributed by atoms with Gasteiger partial charge in [0.2, 0.25) is 0 Å². The molecule has 1 aromatic rings. The highest BCUT2D eigenvalue weighted by Crippen LogP contribution is 2.38. The van der Waals surface area contributed by atoms with Crippen LogP contribution in [0.2, 0.25) is 0 Å². The number of aliphatic imine (C=N–C) groups is 1. The lowest BCUT2D eigenvalue weighted by molar-refractivity contribution is 0.0913. The van der Waals surface area contributed by atoms with Gasteiger partial charge in [-0.1, -0.05) is 30.3 Å². The molecular weight excluding hydrogens is 441 g/mol. The van der Waals surface area contributed by atoms with Gasteiger partial charge in [0, 0.05) is 51.2 Å². The Labute approximate surface area is 173 Å². The van der Waals surface area contributed by atoms with Gasteiger partial charge in [0.05, 0.1) is 12.7 Å². The first-order valence-electron chi connectivity index (χ1n) is 9.50. The topological polar surface area (TPSA) is 46.1 Å². The van der Waals surface area contributed by atoms with Crippen molar-refractivity contribution in [3.8, 4) is 0 Å². The molecule has 0 radical (unpaired) electrons. The minimum atomic E-state index is 0. The molecule has 0 saturated carbocycles. The summed E-state index contributed by atoms with van der Waals surface area (Å²) in [6, 6.07) is 10.6. The molecule has 6 heteroatoms.